The van der Waals surface area contributed by atoms with Gasteiger partial charge in [-0.25, -0.2) is 9.37 Å². The Hall–Kier alpha value is -2.24. The molecule has 1 N–H and O–H groups in total. The molecule has 1 amide bonds. The maximum atomic E-state index is 13.0. The van der Waals surface area contributed by atoms with Gasteiger partial charge in [-0.15, -0.1) is 11.3 Å². The molecule has 0 saturated carbocycles. The minimum atomic E-state index is -0.304. The highest BCUT2D eigenvalue weighted by molar-refractivity contribution is 7.17. The van der Waals surface area contributed by atoms with Crippen molar-refractivity contribution in [2.45, 2.75) is 13.8 Å². The number of hydrogen-bond donors (Lipinski definition) is 1. The highest BCUT2D eigenvalue weighted by Gasteiger charge is 2.17. The van der Waals surface area contributed by atoms with Gasteiger partial charge in [-0.05, 0) is 55.8 Å². The standard InChI is InChI=1S/C18H14ClFN2OS/c1-10-14(19)4-3-5-15(10)22-17(23)16-11(2)21-18(24-16)12-6-8-13(20)9-7-12/h3-9H,1-2H3,(H,22,23). The van der Waals surface area contributed by atoms with E-state index >= 15 is 0 Å². The number of nitrogens with one attached hydrogen (secondary N) is 1. The summed E-state index contributed by atoms with van der Waals surface area (Å²) in [4.78, 5) is 17.5. The lowest BCUT2D eigenvalue weighted by molar-refractivity contribution is 0.102. The lowest BCUT2D eigenvalue weighted by Gasteiger charge is -2.08. The number of halogens is 2. The minimum absolute atomic E-state index is 0.233. The average molecular weight is 361 g/mol. The molecule has 1 aromatic heterocycles. The number of carbonyl (C=O) groups excluding carboxylic acids is 1. The molecule has 0 saturated heterocycles. The van der Waals surface area contributed by atoms with Crippen molar-refractivity contribution in [3.8, 4) is 10.6 Å². The molecular weight excluding hydrogens is 347 g/mol. The highest BCUT2D eigenvalue weighted by atomic mass is 35.5. The molecule has 6 heteroatoms. The van der Waals surface area contributed by atoms with Gasteiger partial charge < -0.3 is 5.32 Å². The first-order valence-corrected chi connectivity index (χ1v) is 8.45. The molecular formula is C18H14ClFN2OS. The van der Waals surface area contributed by atoms with Crippen molar-refractivity contribution in [2.24, 2.45) is 0 Å². The van der Waals surface area contributed by atoms with Gasteiger partial charge in [0.2, 0.25) is 0 Å². The SMILES string of the molecule is Cc1nc(-c2ccc(F)cc2)sc1C(=O)Nc1cccc(Cl)c1C. The Balaban J connectivity index is 1.88. The first-order chi connectivity index (χ1) is 11.5. The zero-order valence-electron chi connectivity index (χ0n) is 13.1. The Morgan fingerprint density at radius 1 is 1.17 bits per heavy atom. The minimum Gasteiger partial charge on any atom is -0.321 e. The summed E-state index contributed by atoms with van der Waals surface area (Å²) in [7, 11) is 0. The quantitative estimate of drug-likeness (QED) is 0.672. The summed E-state index contributed by atoms with van der Waals surface area (Å²) < 4.78 is 13.0. The summed E-state index contributed by atoms with van der Waals surface area (Å²) in [5.74, 6) is -0.537. The number of hydrogen-bond acceptors (Lipinski definition) is 3. The number of benzene rings is 2. The number of amides is 1. The van der Waals surface area contributed by atoms with Gasteiger partial charge in [0.1, 0.15) is 15.7 Å². The first-order valence-electron chi connectivity index (χ1n) is 7.25. The maximum absolute atomic E-state index is 13.0. The van der Waals surface area contributed by atoms with Crippen LogP contribution in [0.4, 0.5) is 10.1 Å². The fraction of sp³-hybridized carbons (Fsp3) is 0.111. The van der Waals surface area contributed by atoms with Gasteiger partial charge in [0.05, 0.1) is 5.69 Å². The zero-order chi connectivity index (χ0) is 17.3. The average Bonchev–Trinajstić information content (AvgIpc) is 2.94. The Kier molecular flexibility index (Phi) is 4.64. The molecule has 0 unspecified atom stereocenters. The number of thiazole rings is 1. The molecule has 0 atom stereocenters. The van der Waals surface area contributed by atoms with Gasteiger partial charge in [-0.3, -0.25) is 4.79 Å². The van der Waals surface area contributed by atoms with Crippen LogP contribution in [0, 0.1) is 19.7 Å². The number of aromatic nitrogens is 1. The monoisotopic (exact) mass is 360 g/mol. The third-order valence-electron chi connectivity index (χ3n) is 3.61. The smallest absolute Gasteiger partial charge is 0.267 e. The topological polar surface area (TPSA) is 42.0 Å². The number of carbonyl (C=O) groups is 1. The van der Waals surface area contributed by atoms with Crippen molar-refractivity contribution >= 4 is 34.5 Å². The van der Waals surface area contributed by atoms with E-state index in [-0.39, 0.29) is 11.7 Å². The lowest BCUT2D eigenvalue weighted by atomic mass is 10.2. The van der Waals surface area contributed by atoms with Crippen molar-refractivity contribution in [1.82, 2.24) is 4.98 Å². The fourth-order valence-corrected chi connectivity index (χ4v) is 3.39. The molecule has 122 valence electrons. The third kappa shape index (κ3) is 3.32. The summed E-state index contributed by atoms with van der Waals surface area (Å²) in [6.45, 7) is 3.63. The van der Waals surface area contributed by atoms with Crippen LogP contribution in [0.3, 0.4) is 0 Å². The van der Waals surface area contributed by atoms with Crippen molar-refractivity contribution in [2.75, 3.05) is 5.32 Å². The van der Waals surface area contributed by atoms with Crippen LogP contribution in [-0.2, 0) is 0 Å². The van der Waals surface area contributed by atoms with E-state index in [0.29, 0.717) is 26.3 Å². The molecule has 0 spiro atoms. The first kappa shape index (κ1) is 16.6. The summed E-state index contributed by atoms with van der Waals surface area (Å²) in [5.41, 5.74) is 2.90. The molecule has 1 heterocycles. The predicted molar refractivity (Wildman–Crippen MR) is 96.4 cm³/mol. The summed E-state index contributed by atoms with van der Waals surface area (Å²) in [5, 5.41) is 4.15. The molecule has 3 nitrogen and oxygen atoms in total. The Labute approximate surface area is 148 Å². The van der Waals surface area contributed by atoms with Crippen LogP contribution in [0.25, 0.3) is 10.6 Å². The van der Waals surface area contributed by atoms with Crippen LogP contribution in [-0.4, -0.2) is 10.9 Å². The molecule has 3 aromatic rings. The summed E-state index contributed by atoms with van der Waals surface area (Å²) in [6.07, 6.45) is 0. The van der Waals surface area contributed by atoms with Crippen molar-refractivity contribution in [3.05, 3.63) is 69.4 Å². The van der Waals surface area contributed by atoms with E-state index in [1.165, 1.54) is 23.5 Å². The van der Waals surface area contributed by atoms with Crippen molar-refractivity contribution < 1.29 is 9.18 Å². The predicted octanol–water partition coefficient (Wildman–Crippen LogP) is 5.47. The summed E-state index contributed by atoms with van der Waals surface area (Å²) in [6, 6.07) is 11.4. The van der Waals surface area contributed by atoms with Crippen molar-refractivity contribution in [3.63, 3.8) is 0 Å². The third-order valence-corrected chi connectivity index (χ3v) is 5.22. The van der Waals surface area contributed by atoms with Crippen LogP contribution in [0.15, 0.2) is 42.5 Å². The second kappa shape index (κ2) is 6.71. The van der Waals surface area contributed by atoms with Crippen molar-refractivity contribution in [1.29, 1.82) is 0 Å². The van der Waals surface area contributed by atoms with E-state index in [0.717, 1.165) is 11.1 Å². The Morgan fingerprint density at radius 3 is 2.58 bits per heavy atom. The second-order valence-corrected chi connectivity index (χ2v) is 6.71. The number of anilines is 1. The molecule has 0 bridgehead atoms. The lowest BCUT2D eigenvalue weighted by Crippen LogP contribution is -2.12. The van der Waals surface area contributed by atoms with Crippen LogP contribution in [0.1, 0.15) is 20.9 Å². The fourth-order valence-electron chi connectivity index (χ4n) is 2.24. The molecule has 0 aliphatic heterocycles. The van der Waals surface area contributed by atoms with E-state index in [9.17, 15) is 9.18 Å². The van der Waals surface area contributed by atoms with Crippen LogP contribution < -0.4 is 5.32 Å². The van der Waals surface area contributed by atoms with Crippen LogP contribution in [0.5, 0.6) is 0 Å². The highest BCUT2D eigenvalue weighted by Crippen LogP contribution is 2.29. The van der Waals surface area contributed by atoms with E-state index in [1.54, 1.807) is 37.3 Å². The van der Waals surface area contributed by atoms with Gasteiger partial charge in [-0.1, -0.05) is 17.7 Å². The number of rotatable bonds is 3. The number of nitrogens with zero attached hydrogens (tertiary/aromatic N) is 1. The van der Waals surface area contributed by atoms with Gasteiger partial charge in [0.15, 0.2) is 0 Å². The van der Waals surface area contributed by atoms with Gasteiger partial charge in [0.25, 0.3) is 5.91 Å². The van der Waals surface area contributed by atoms with Gasteiger partial charge >= 0.3 is 0 Å². The Morgan fingerprint density at radius 2 is 1.88 bits per heavy atom. The van der Waals surface area contributed by atoms with Gasteiger partial charge in [-0.2, -0.15) is 0 Å². The molecule has 2 aromatic carbocycles. The Bertz CT molecular complexity index is 906. The molecule has 0 radical (unpaired) electrons. The molecule has 0 aliphatic carbocycles. The van der Waals surface area contributed by atoms with Gasteiger partial charge in [0, 0.05) is 16.3 Å². The largest absolute Gasteiger partial charge is 0.321 e. The molecule has 0 fully saturated rings. The molecule has 3 rings (SSSR count). The molecule has 0 aliphatic rings. The van der Waals surface area contributed by atoms with E-state index in [2.05, 4.69) is 10.3 Å². The molecule has 24 heavy (non-hydrogen) atoms. The maximum Gasteiger partial charge on any atom is 0.267 e. The van der Waals surface area contributed by atoms with E-state index < -0.39 is 0 Å². The van der Waals surface area contributed by atoms with Crippen LogP contribution >= 0.6 is 22.9 Å². The normalized spacial score (nSPS) is 10.7. The van der Waals surface area contributed by atoms with E-state index in [4.69, 9.17) is 11.6 Å². The zero-order valence-corrected chi connectivity index (χ0v) is 14.6. The number of aryl methyl sites for hydroxylation is 1. The van der Waals surface area contributed by atoms with Crippen LogP contribution in [0.2, 0.25) is 5.02 Å². The second-order valence-electron chi connectivity index (χ2n) is 5.31. The van der Waals surface area contributed by atoms with E-state index in [1.807, 2.05) is 6.92 Å². The summed E-state index contributed by atoms with van der Waals surface area (Å²) >= 11 is 7.36.